The minimum Gasteiger partial charge on any atom is -0.489 e. The molecule has 0 aromatic heterocycles. The van der Waals surface area contributed by atoms with Crippen molar-refractivity contribution in [1.82, 2.24) is 0 Å². The van der Waals surface area contributed by atoms with Crippen LogP contribution < -0.4 is 19.9 Å². The lowest BCUT2D eigenvalue weighted by molar-refractivity contribution is 0.0818. The molecule has 1 aliphatic rings. The van der Waals surface area contributed by atoms with E-state index in [9.17, 15) is 0 Å². The number of ether oxygens (including phenoxy) is 4. The molecule has 0 unspecified atom stereocenters. The van der Waals surface area contributed by atoms with Gasteiger partial charge in [-0.2, -0.15) is 0 Å². The molecule has 106 valence electrons. The van der Waals surface area contributed by atoms with Gasteiger partial charge >= 0.3 is 0 Å². The third-order valence-corrected chi connectivity index (χ3v) is 2.61. The molecule has 0 saturated heterocycles. The fourth-order valence-corrected chi connectivity index (χ4v) is 1.74. The van der Waals surface area contributed by atoms with Gasteiger partial charge in [-0.15, -0.1) is 0 Å². The fraction of sp³-hybridized carbons (Fsp3) is 0.571. The van der Waals surface area contributed by atoms with E-state index in [-0.39, 0.29) is 0 Å². The maximum atomic E-state index is 5.91. The van der Waals surface area contributed by atoms with Gasteiger partial charge in [0.2, 0.25) is 0 Å². The highest BCUT2D eigenvalue weighted by atomic mass is 16.6. The minimum absolute atomic E-state index is 0.469. The molecular formula is C14H21NO4. The monoisotopic (exact) mass is 267 g/mol. The first kappa shape index (κ1) is 13.8. The Bertz CT molecular complexity index is 420. The zero-order valence-corrected chi connectivity index (χ0v) is 11.5. The predicted octanol–water partition coefficient (Wildman–Crippen LogP) is 2.09. The van der Waals surface area contributed by atoms with E-state index in [1.54, 1.807) is 12.1 Å². The Balaban J connectivity index is 1.86. The van der Waals surface area contributed by atoms with Crippen molar-refractivity contribution in [2.75, 3.05) is 38.8 Å². The molecule has 0 atom stereocenters. The van der Waals surface area contributed by atoms with Crippen LogP contribution in [0, 0.1) is 5.92 Å². The number of fused-ring (bicyclic) bond motifs is 1. The lowest BCUT2D eigenvalue weighted by Crippen LogP contribution is -2.16. The Morgan fingerprint density at radius 2 is 1.84 bits per heavy atom. The molecule has 0 saturated carbocycles. The third-order valence-electron chi connectivity index (χ3n) is 2.61. The number of hydrogen-bond donors (Lipinski definition) is 1. The van der Waals surface area contributed by atoms with Crippen molar-refractivity contribution >= 4 is 5.69 Å². The van der Waals surface area contributed by atoms with E-state index < -0.39 is 0 Å². The Morgan fingerprint density at radius 1 is 1.16 bits per heavy atom. The summed E-state index contributed by atoms with van der Waals surface area (Å²) in [6.07, 6.45) is 0. The molecule has 1 aliphatic heterocycles. The van der Waals surface area contributed by atoms with Crippen LogP contribution in [0.25, 0.3) is 0 Å². The van der Waals surface area contributed by atoms with E-state index in [1.807, 2.05) is 0 Å². The number of anilines is 1. The van der Waals surface area contributed by atoms with Gasteiger partial charge in [0.1, 0.15) is 25.6 Å². The van der Waals surface area contributed by atoms with Crippen molar-refractivity contribution in [2.45, 2.75) is 13.8 Å². The molecule has 1 heterocycles. The summed E-state index contributed by atoms with van der Waals surface area (Å²) in [5.74, 6) is 2.49. The number of hydrogen-bond acceptors (Lipinski definition) is 5. The Hall–Kier alpha value is -1.62. The van der Waals surface area contributed by atoms with Crippen molar-refractivity contribution in [3.8, 4) is 17.2 Å². The third kappa shape index (κ3) is 3.92. The van der Waals surface area contributed by atoms with Gasteiger partial charge in [0.05, 0.1) is 12.3 Å². The highest BCUT2D eigenvalue weighted by molar-refractivity contribution is 5.62. The van der Waals surface area contributed by atoms with Crippen molar-refractivity contribution in [2.24, 2.45) is 5.92 Å². The second kappa shape index (κ2) is 6.52. The molecule has 2 N–H and O–H groups in total. The maximum Gasteiger partial charge on any atom is 0.165 e. The highest BCUT2D eigenvalue weighted by Gasteiger charge is 2.15. The van der Waals surface area contributed by atoms with Crippen LogP contribution in [-0.2, 0) is 4.74 Å². The van der Waals surface area contributed by atoms with Crippen LogP contribution in [0.5, 0.6) is 17.2 Å². The van der Waals surface area contributed by atoms with Crippen LogP contribution in [0.2, 0.25) is 0 Å². The number of benzene rings is 1. The summed E-state index contributed by atoms with van der Waals surface area (Å²) in [5, 5.41) is 0. The van der Waals surface area contributed by atoms with Gasteiger partial charge in [0, 0.05) is 18.7 Å². The van der Waals surface area contributed by atoms with Crippen molar-refractivity contribution < 1.29 is 18.9 Å². The van der Waals surface area contributed by atoms with Crippen LogP contribution in [0.1, 0.15) is 13.8 Å². The van der Waals surface area contributed by atoms with Crippen LogP contribution in [0.4, 0.5) is 5.69 Å². The molecule has 0 radical (unpaired) electrons. The van der Waals surface area contributed by atoms with Gasteiger partial charge in [-0.25, -0.2) is 0 Å². The lowest BCUT2D eigenvalue weighted by Gasteiger charge is -2.20. The highest BCUT2D eigenvalue weighted by Crippen LogP contribution is 2.38. The summed E-state index contributed by atoms with van der Waals surface area (Å²) in [5.41, 5.74) is 6.46. The minimum atomic E-state index is 0.469. The summed E-state index contributed by atoms with van der Waals surface area (Å²) in [4.78, 5) is 0. The topological polar surface area (TPSA) is 62.9 Å². The van der Waals surface area contributed by atoms with Gasteiger partial charge in [0.15, 0.2) is 11.5 Å². The Kier molecular flexibility index (Phi) is 4.74. The molecular weight excluding hydrogens is 246 g/mol. The number of nitrogen functional groups attached to an aromatic ring is 1. The predicted molar refractivity (Wildman–Crippen MR) is 73.0 cm³/mol. The van der Waals surface area contributed by atoms with Crippen LogP contribution in [0.15, 0.2) is 12.1 Å². The normalized spacial score (nSPS) is 13.6. The Morgan fingerprint density at radius 3 is 2.53 bits per heavy atom. The molecule has 19 heavy (non-hydrogen) atoms. The van der Waals surface area contributed by atoms with Crippen molar-refractivity contribution in [3.63, 3.8) is 0 Å². The SMILES string of the molecule is CC(C)COCCOc1cc2c(cc1N)OCCO2. The van der Waals surface area contributed by atoms with Crippen LogP contribution in [0.3, 0.4) is 0 Å². The lowest BCUT2D eigenvalue weighted by atomic mass is 10.2. The van der Waals surface area contributed by atoms with Gasteiger partial charge in [0.25, 0.3) is 0 Å². The van der Waals surface area contributed by atoms with E-state index >= 15 is 0 Å². The standard InChI is InChI=1S/C14H21NO4/c1-10(2)9-16-3-4-17-12-8-14-13(7-11(12)15)18-5-6-19-14/h7-8,10H,3-6,9,15H2,1-2H3. The average molecular weight is 267 g/mol. The second-order valence-electron chi connectivity index (χ2n) is 4.85. The van der Waals surface area contributed by atoms with E-state index in [1.165, 1.54) is 0 Å². The second-order valence-corrected chi connectivity index (χ2v) is 4.85. The van der Waals surface area contributed by atoms with Crippen LogP contribution in [-0.4, -0.2) is 33.0 Å². The number of rotatable bonds is 6. The molecule has 0 fully saturated rings. The molecule has 0 bridgehead atoms. The average Bonchev–Trinajstić information content (AvgIpc) is 2.38. The summed E-state index contributed by atoms with van der Waals surface area (Å²) >= 11 is 0. The van der Waals surface area contributed by atoms with Crippen LogP contribution >= 0.6 is 0 Å². The van der Waals surface area contributed by atoms with Crippen molar-refractivity contribution in [3.05, 3.63) is 12.1 Å². The first-order valence-electron chi connectivity index (χ1n) is 6.56. The zero-order chi connectivity index (χ0) is 13.7. The van der Waals surface area contributed by atoms with Crippen molar-refractivity contribution in [1.29, 1.82) is 0 Å². The molecule has 0 spiro atoms. The van der Waals surface area contributed by atoms with Gasteiger partial charge in [-0.3, -0.25) is 0 Å². The summed E-state index contributed by atoms with van der Waals surface area (Å²) in [6, 6.07) is 3.51. The molecule has 0 amide bonds. The molecule has 0 aliphatic carbocycles. The molecule has 1 aromatic carbocycles. The zero-order valence-electron chi connectivity index (χ0n) is 11.5. The Labute approximate surface area is 113 Å². The molecule has 5 heteroatoms. The largest absolute Gasteiger partial charge is 0.489 e. The van der Waals surface area contributed by atoms with E-state index in [0.29, 0.717) is 55.3 Å². The summed E-state index contributed by atoms with van der Waals surface area (Å²) < 4.78 is 22.0. The summed E-state index contributed by atoms with van der Waals surface area (Å²) in [7, 11) is 0. The first-order valence-corrected chi connectivity index (χ1v) is 6.56. The van der Waals surface area contributed by atoms with E-state index in [4.69, 9.17) is 24.7 Å². The molecule has 1 aromatic rings. The molecule has 5 nitrogen and oxygen atoms in total. The fourth-order valence-electron chi connectivity index (χ4n) is 1.74. The maximum absolute atomic E-state index is 5.91. The smallest absolute Gasteiger partial charge is 0.165 e. The van der Waals surface area contributed by atoms with E-state index in [0.717, 1.165) is 6.61 Å². The summed E-state index contributed by atoms with van der Waals surface area (Å²) in [6.45, 7) is 7.07. The quantitative estimate of drug-likeness (QED) is 0.631. The van der Waals surface area contributed by atoms with E-state index in [2.05, 4.69) is 13.8 Å². The van der Waals surface area contributed by atoms with Gasteiger partial charge < -0.3 is 24.7 Å². The first-order chi connectivity index (χ1) is 9.16. The van der Waals surface area contributed by atoms with Gasteiger partial charge in [-0.05, 0) is 5.92 Å². The number of nitrogens with two attached hydrogens (primary N) is 1. The van der Waals surface area contributed by atoms with Gasteiger partial charge in [-0.1, -0.05) is 13.8 Å². The molecule has 2 rings (SSSR count).